The molecule has 0 bridgehead atoms. The fourth-order valence-corrected chi connectivity index (χ4v) is 3.01. The minimum Gasteiger partial charge on any atom is -0.295 e. The highest BCUT2D eigenvalue weighted by atomic mass is 16.1. The Kier molecular flexibility index (Phi) is 2.27. The lowest BCUT2D eigenvalue weighted by Gasteiger charge is -2.35. The maximum atomic E-state index is 11.5. The van der Waals surface area contributed by atoms with Gasteiger partial charge in [-0.05, 0) is 43.6 Å². The van der Waals surface area contributed by atoms with Gasteiger partial charge in [0.2, 0.25) is 0 Å². The lowest BCUT2D eigenvalue weighted by molar-refractivity contribution is -0.116. The van der Waals surface area contributed by atoms with Crippen LogP contribution in [0.25, 0.3) is 0 Å². The van der Waals surface area contributed by atoms with Crippen LogP contribution in [0.15, 0.2) is 11.1 Å². The number of rotatable bonds is 0. The minimum absolute atomic E-state index is 0.403. The first kappa shape index (κ1) is 8.98. The molecule has 13 heavy (non-hydrogen) atoms. The predicted molar refractivity (Wildman–Crippen MR) is 53.4 cm³/mol. The summed E-state index contributed by atoms with van der Waals surface area (Å²) in [4.78, 5) is 11.5. The Morgan fingerprint density at radius 2 is 2.00 bits per heavy atom. The first-order valence-corrected chi connectivity index (χ1v) is 5.44. The molecule has 0 spiro atoms. The van der Waals surface area contributed by atoms with Gasteiger partial charge in [0, 0.05) is 6.42 Å². The van der Waals surface area contributed by atoms with E-state index in [9.17, 15) is 4.79 Å². The van der Waals surface area contributed by atoms with Crippen molar-refractivity contribution in [3.8, 4) is 0 Å². The van der Waals surface area contributed by atoms with Gasteiger partial charge in [-0.15, -0.1) is 0 Å². The van der Waals surface area contributed by atoms with Crippen LogP contribution in [0.3, 0.4) is 0 Å². The number of allylic oxidation sites excluding steroid dienone is 2. The van der Waals surface area contributed by atoms with Gasteiger partial charge in [0.25, 0.3) is 0 Å². The molecule has 2 unspecified atom stereocenters. The molecule has 0 aromatic rings. The third kappa shape index (κ3) is 1.45. The van der Waals surface area contributed by atoms with E-state index in [1.54, 1.807) is 0 Å². The Bertz CT molecular complexity index is 262. The van der Waals surface area contributed by atoms with Crippen LogP contribution in [0.1, 0.15) is 46.0 Å². The third-order valence-electron chi connectivity index (χ3n) is 3.73. The fourth-order valence-electron chi connectivity index (χ4n) is 3.01. The summed E-state index contributed by atoms with van der Waals surface area (Å²) in [5, 5.41) is 0. The van der Waals surface area contributed by atoms with E-state index in [1.165, 1.54) is 24.8 Å². The molecule has 0 N–H and O–H groups in total. The van der Waals surface area contributed by atoms with Crippen LogP contribution >= 0.6 is 0 Å². The SMILES string of the molecule is CC1=C2C(C)CCCC2CCC1=O. The van der Waals surface area contributed by atoms with Gasteiger partial charge in [-0.3, -0.25) is 4.79 Å². The molecule has 1 nitrogen and oxygen atoms in total. The molecule has 0 aliphatic heterocycles. The summed E-state index contributed by atoms with van der Waals surface area (Å²) < 4.78 is 0. The van der Waals surface area contributed by atoms with Crippen LogP contribution in [0.2, 0.25) is 0 Å². The van der Waals surface area contributed by atoms with Gasteiger partial charge in [-0.25, -0.2) is 0 Å². The predicted octanol–water partition coefficient (Wildman–Crippen LogP) is 3.10. The average molecular weight is 178 g/mol. The van der Waals surface area contributed by atoms with E-state index in [0.29, 0.717) is 11.7 Å². The number of hydrogen-bond acceptors (Lipinski definition) is 1. The summed E-state index contributed by atoms with van der Waals surface area (Å²) in [6.45, 7) is 4.31. The van der Waals surface area contributed by atoms with Crippen LogP contribution in [0.5, 0.6) is 0 Å². The molecule has 0 saturated heterocycles. The minimum atomic E-state index is 0.403. The van der Waals surface area contributed by atoms with Gasteiger partial charge in [0.05, 0.1) is 0 Å². The van der Waals surface area contributed by atoms with E-state index in [4.69, 9.17) is 0 Å². The molecule has 0 aromatic heterocycles. The van der Waals surface area contributed by atoms with Crippen LogP contribution in [0.4, 0.5) is 0 Å². The molecule has 0 radical (unpaired) electrons. The van der Waals surface area contributed by atoms with Gasteiger partial charge in [0.15, 0.2) is 5.78 Å². The number of carbonyl (C=O) groups is 1. The molecule has 2 rings (SSSR count). The molecule has 0 heterocycles. The topological polar surface area (TPSA) is 17.1 Å². The first-order chi connectivity index (χ1) is 6.20. The van der Waals surface area contributed by atoms with E-state index in [1.807, 2.05) is 6.92 Å². The van der Waals surface area contributed by atoms with Gasteiger partial charge < -0.3 is 0 Å². The molecule has 72 valence electrons. The van der Waals surface area contributed by atoms with Crippen molar-refractivity contribution in [3.63, 3.8) is 0 Å². The summed E-state index contributed by atoms with van der Waals surface area (Å²) in [7, 11) is 0. The Morgan fingerprint density at radius 1 is 1.23 bits per heavy atom. The lowest BCUT2D eigenvalue weighted by atomic mass is 9.70. The van der Waals surface area contributed by atoms with Crippen molar-refractivity contribution in [2.24, 2.45) is 11.8 Å². The van der Waals surface area contributed by atoms with Crippen LogP contribution < -0.4 is 0 Å². The second kappa shape index (κ2) is 3.28. The molecule has 2 aliphatic carbocycles. The normalized spacial score (nSPS) is 34.8. The average Bonchev–Trinajstić information content (AvgIpc) is 2.12. The molecule has 1 saturated carbocycles. The molecule has 1 heteroatoms. The summed E-state index contributed by atoms with van der Waals surface area (Å²) >= 11 is 0. The van der Waals surface area contributed by atoms with Crippen molar-refractivity contribution < 1.29 is 4.79 Å². The smallest absolute Gasteiger partial charge is 0.158 e. The lowest BCUT2D eigenvalue weighted by Crippen LogP contribution is -2.25. The zero-order valence-corrected chi connectivity index (χ0v) is 8.60. The van der Waals surface area contributed by atoms with Gasteiger partial charge in [0.1, 0.15) is 0 Å². The van der Waals surface area contributed by atoms with Gasteiger partial charge in [-0.2, -0.15) is 0 Å². The van der Waals surface area contributed by atoms with Crippen molar-refractivity contribution in [3.05, 3.63) is 11.1 Å². The van der Waals surface area contributed by atoms with Gasteiger partial charge >= 0.3 is 0 Å². The fraction of sp³-hybridized carbons (Fsp3) is 0.750. The largest absolute Gasteiger partial charge is 0.295 e. The maximum absolute atomic E-state index is 11.5. The van der Waals surface area contributed by atoms with Crippen molar-refractivity contribution in [2.45, 2.75) is 46.0 Å². The molecule has 2 aliphatic rings. The van der Waals surface area contributed by atoms with Crippen LogP contribution in [-0.4, -0.2) is 5.78 Å². The van der Waals surface area contributed by atoms with E-state index in [0.717, 1.165) is 24.3 Å². The monoisotopic (exact) mass is 178 g/mol. The Balaban J connectivity index is 2.35. The third-order valence-corrected chi connectivity index (χ3v) is 3.73. The summed E-state index contributed by atoms with van der Waals surface area (Å²) in [5.74, 6) is 1.82. The Morgan fingerprint density at radius 3 is 2.77 bits per heavy atom. The number of hydrogen-bond donors (Lipinski definition) is 0. The van der Waals surface area contributed by atoms with Crippen LogP contribution in [-0.2, 0) is 4.79 Å². The van der Waals surface area contributed by atoms with Crippen molar-refractivity contribution in [1.82, 2.24) is 0 Å². The van der Waals surface area contributed by atoms with Crippen molar-refractivity contribution in [1.29, 1.82) is 0 Å². The van der Waals surface area contributed by atoms with E-state index in [-0.39, 0.29) is 0 Å². The summed E-state index contributed by atoms with van der Waals surface area (Å²) in [6, 6.07) is 0. The molecular weight excluding hydrogens is 160 g/mol. The van der Waals surface area contributed by atoms with E-state index < -0.39 is 0 Å². The summed E-state index contributed by atoms with van der Waals surface area (Å²) in [6.07, 6.45) is 5.89. The number of Topliss-reactive ketones (excluding diaryl/α,β-unsaturated/α-hetero) is 1. The Hall–Kier alpha value is -0.590. The standard InChI is InChI=1S/C12H18O/c1-8-4-3-5-10-6-7-11(13)9(2)12(8)10/h8,10H,3-7H2,1-2H3. The number of ketones is 1. The first-order valence-electron chi connectivity index (χ1n) is 5.44. The molecule has 0 amide bonds. The van der Waals surface area contributed by atoms with Crippen molar-refractivity contribution in [2.75, 3.05) is 0 Å². The summed E-state index contributed by atoms with van der Waals surface area (Å²) in [5.41, 5.74) is 2.60. The highest BCUT2D eigenvalue weighted by Crippen LogP contribution is 2.41. The molecule has 1 fully saturated rings. The second-order valence-electron chi connectivity index (χ2n) is 4.57. The zero-order chi connectivity index (χ0) is 9.42. The maximum Gasteiger partial charge on any atom is 0.158 e. The van der Waals surface area contributed by atoms with Crippen molar-refractivity contribution >= 4 is 5.78 Å². The quantitative estimate of drug-likeness (QED) is 0.557. The number of fused-ring (bicyclic) bond motifs is 1. The van der Waals surface area contributed by atoms with E-state index in [2.05, 4.69) is 6.92 Å². The Labute approximate surface area is 80.2 Å². The van der Waals surface area contributed by atoms with Crippen LogP contribution in [0, 0.1) is 11.8 Å². The second-order valence-corrected chi connectivity index (χ2v) is 4.57. The molecule has 0 aromatic carbocycles. The highest BCUT2D eigenvalue weighted by Gasteiger charge is 2.31. The zero-order valence-electron chi connectivity index (χ0n) is 8.60. The molecule has 2 atom stereocenters. The van der Waals surface area contributed by atoms with E-state index >= 15 is 0 Å². The number of carbonyl (C=O) groups excluding carboxylic acids is 1. The molecular formula is C12H18O. The van der Waals surface area contributed by atoms with Gasteiger partial charge in [-0.1, -0.05) is 18.9 Å². The highest BCUT2D eigenvalue weighted by molar-refractivity contribution is 5.96.